The van der Waals surface area contributed by atoms with Crippen LogP contribution in [0.25, 0.3) is 0 Å². The Balaban J connectivity index is 1.63. The van der Waals surface area contributed by atoms with E-state index in [9.17, 15) is 4.79 Å². The minimum absolute atomic E-state index is 0.0538. The molecule has 0 unspecified atom stereocenters. The number of nitrogens with zero attached hydrogens (tertiary/aromatic N) is 3. The molecule has 0 radical (unpaired) electrons. The highest BCUT2D eigenvalue weighted by Crippen LogP contribution is 2.21. The van der Waals surface area contributed by atoms with Crippen molar-refractivity contribution < 1.29 is 4.79 Å². The molecule has 1 N–H and O–H groups in total. The van der Waals surface area contributed by atoms with Gasteiger partial charge in [0.1, 0.15) is 5.82 Å². The third-order valence-corrected chi connectivity index (χ3v) is 5.59. The highest BCUT2D eigenvalue weighted by Gasteiger charge is 2.14. The fraction of sp³-hybridized carbons (Fsp3) is 0.286. The first-order valence-corrected chi connectivity index (χ1v) is 10.5. The van der Waals surface area contributed by atoms with Gasteiger partial charge in [0.2, 0.25) is 5.91 Å². The summed E-state index contributed by atoms with van der Waals surface area (Å²) in [5.74, 6) is 1.11. The van der Waals surface area contributed by atoms with Crippen LogP contribution in [0, 0.1) is 13.8 Å². The molecular weight excluding hydrogens is 392 g/mol. The van der Waals surface area contributed by atoms with Gasteiger partial charge in [-0.25, -0.2) is 0 Å². The van der Waals surface area contributed by atoms with E-state index in [2.05, 4.69) is 28.5 Å². The average Bonchev–Trinajstić information content (AvgIpc) is 3.05. The summed E-state index contributed by atoms with van der Waals surface area (Å²) in [6, 6.07) is 13.7. The molecule has 0 fully saturated rings. The molecule has 7 heteroatoms. The lowest BCUT2D eigenvalue weighted by Gasteiger charge is -2.10. The number of hydrogen-bond donors (Lipinski definition) is 1. The summed E-state index contributed by atoms with van der Waals surface area (Å²) >= 11 is 7.35. The zero-order valence-corrected chi connectivity index (χ0v) is 17.8. The van der Waals surface area contributed by atoms with Gasteiger partial charge in [0, 0.05) is 23.7 Å². The summed E-state index contributed by atoms with van der Waals surface area (Å²) in [4.78, 5) is 12.4. The number of carbonyl (C=O) groups excluding carboxylic acids is 1. The van der Waals surface area contributed by atoms with Crippen molar-refractivity contribution in [2.45, 2.75) is 38.9 Å². The van der Waals surface area contributed by atoms with E-state index in [0.29, 0.717) is 11.4 Å². The van der Waals surface area contributed by atoms with Crippen molar-refractivity contribution in [2.24, 2.45) is 0 Å². The fourth-order valence-corrected chi connectivity index (χ4v) is 3.88. The second-order valence-electron chi connectivity index (χ2n) is 6.60. The molecule has 0 aliphatic heterocycles. The van der Waals surface area contributed by atoms with Crippen molar-refractivity contribution in [2.75, 3.05) is 11.1 Å². The van der Waals surface area contributed by atoms with E-state index in [-0.39, 0.29) is 11.7 Å². The molecule has 0 atom stereocenters. The predicted molar refractivity (Wildman–Crippen MR) is 115 cm³/mol. The second kappa shape index (κ2) is 9.26. The van der Waals surface area contributed by atoms with Gasteiger partial charge >= 0.3 is 0 Å². The molecule has 1 amide bonds. The van der Waals surface area contributed by atoms with Crippen LogP contribution in [0.5, 0.6) is 0 Å². The van der Waals surface area contributed by atoms with Crippen LogP contribution >= 0.6 is 23.4 Å². The maximum Gasteiger partial charge on any atom is 0.234 e. The van der Waals surface area contributed by atoms with Gasteiger partial charge in [0.05, 0.1) is 5.75 Å². The zero-order valence-electron chi connectivity index (χ0n) is 16.2. The van der Waals surface area contributed by atoms with E-state index in [4.69, 9.17) is 11.6 Å². The van der Waals surface area contributed by atoms with E-state index in [1.807, 2.05) is 54.8 Å². The van der Waals surface area contributed by atoms with Crippen LogP contribution in [0.2, 0.25) is 5.02 Å². The molecule has 0 bridgehead atoms. The number of aromatic nitrogens is 3. The number of carbonyl (C=O) groups is 1. The molecule has 3 rings (SSSR count). The molecule has 0 saturated carbocycles. The third kappa shape index (κ3) is 5.14. The molecular formula is C21H23ClN4OS. The van der Waals surface area contributed by atoms with Gasteiger partial charge in [-0.15, -0.1) is 10.2 Å². The van der Waals surface area contributed by atoms with Crippen LogP contribution in [0.15, 0.2) is 47.6 Å². The summed E-state index contributed by atoms with van der Waals surface area (Å²) < 4.78 is 2.05. The highest BCUT2D eigenvalue weighted by molar-refractivity contribution is 7.99. The number of anilines is 1. The minimum Gasteiger partial charge on any atom is -0.325 e. The zero-order chi connectivity index (χ0) is 20.1. The Morgan fingerprint density at radius 3 is 2.57 bits per heavy atom. The standard InChI is InChI=1S/C21H23ClN4OS/c1-4-26-19(12-16-6-8-17(22)9-7-16)24-25-21(26)28-13-20(27)23-18-10-5-14(2)11-15(18)3/h5-11H,4,12-13H2,1-3H3,(H,23,27). The molecule has 0 saturated heterocycles. The second-order valence-corrected chi connectivity index (χ2v) is 7.98. The maximum atomic E-state index is 12.4. The Kier molecular flexibility index (Phi) is 6.75. The van der Waals surface area contributed by atoms with Crippen LogP contribution in [-0.4, -0.2) is 26.4 Å². The average molecular weight is 415 g/mol. The van der Waals surface area contributed by atoms with Gasteiger partial charge in [-0.2, -0.15) is 0 Å². The lowest BCUT2D eigenvalue weighted by Crippen LogP contribution is -2.15. The van der Waals surface area contributed by atoms with Crippen LogP contribution in [0.1, 0.15) is 29.4 Å². The van der Waals surface area contributed by atoms with Crippen molar-refractivity contribution in [1.29, 1.82) is 0 Å². The topological polar surface area (TPSA) is 59.8 Å². The first-order chi connectivity index (χ1) is 13.5. The summed E-state index contributed by atoms with van der Waals surface area (Å²) in [6.45, 7) is 6.83. The van der Waals surface area contributed by atoms with Crippen molar-refractivity contribution in [3.05, 3.63) is 70.0 Å². The highest BCUT2D eigenvalue weighted by atomic mass is 35.5. The fourth-order valence-electron chi connectivity index (χ4n) is 2.93. The van der Waals surface area contributed by atoms with E-state index < -0.39 is 0 Å². The van der Waals surface area contributed by atoms with Crippen molar-refractivity contribution in [3.63, 3.8) is 0 Å². The molecule has 1 aromatic heterocycles. The maximum absolute atomic E-state index is 12.4. The van der Waals surface area contributed by atoms with E-state index >= 15 is 0 Å². The van der Waals surface area contributed by atoms with Crippen molar-refractivity contribution in [1.82, 2.24) is 14.8 Å². The molecule has 1 heterocycles. The summed E-state index contributed by atoms with van der Waals surface area (Å²) in [5.41, 5.74) is 4.20. The Morgan fingerprint density at radius 2 is 1.89 bits per heavy atom. The molecule has 0 spiro atoms. The Morgan fingerprint density at radius 1 is 1.14 bits per heavy atom. The Bertz CT molecular complexity index is 969. The summed E-state index contributed by atoms with van der Waals surface area (Å²) in [6.07, 6.45) is 0.674. The largest absolute Gasteiger partial charge is 0.325 e. The number of nitrogens with one attached hydrogen (secondary N) is 1. The molecule has 0 aliphatic carbocycles. The van der Waals surface area contributed by atoms with Gasteiger partial charge in [0.25, 0.3) is 0 Å². The van der Waals surface area contributed by atoms with E-state index in [1.165, 1.54) is 17.3 Å². The first kappa shape index (κ1) is 20.4. The molecule has 5 nitrogen and oxygen atoms in total. The number of aryl methyl sites for hydroxylation is 2. The van der Waals surface area contributed by atoms with Crippen LogP contribution in [0.3, 0.4) is 0 Å². The lowest BCUT2D eigenvalue weighted by molar-refractivity contribution is -0.113. The number of thioether (sulfide) groups is 1. The van der Waals surface area contributed by atoms with E-state index in [1.54, 1.807) is 0 Å². The quantitative estimate of drug-likeness (QED) is 0.559. The SMILES string of the molecule is CCn1c(Cc2ccc(Cl)cc2)nnc1SCC(=O)Nc1ccc(C)cc1C. The van der Waals surface area contributed by atoms with Crippen LogP contribution in [-0.2, 0) is 17.8 Å². The Labute approximate surface area is 174 Å². The van der Waals surface area contributed by atoms with E-state index in [0.717, 1.165) is 34.3 Å². The molecule has 28 heavy (non-hydrogen) atoms. The van der Waals surface area contributed by atoms with Crippen molar-refractivity contribution in [3.8, 4) is 0 Å². The van der Waals surface area contributed by atoms with Crippen molar-refractivity contribution >= 4 is 35.0 Å². The summed E-state index contributed by atoms with van der Waals surface area (Å²) in [7, 11) is 0. The number of hydrogen-bond acceptors (Lipinski definition) is 4. The third-order valence-electron chi connectivity index (χ3n) is 4.37. The van der Waals surface area contributed by atoms with Gasteiger partial charge in [-0.1, -0.05) is 53.2 Å². The van der Waals surface area contributed by atoms with Gasteiger partial charge < -0.3 is 9.88 Å². The smallest absolute Gasteiger partial charge is 0.234 e. The van der Waals surface area contributed by atoms with Gasteiger partial charge in [0.15, 0.2) is 5.16 Å². The van der Waals surface area contributed by atoms with Crippen LogP contribution < -0.4 is 5.32 Å². The molecule has 3 aromatic rings. The Hall–Kier alpha value is -2.31. The monoisotopic (exact) mass is 414 g/mol. The van der Waals surface area contributed by atoms with Gasteiger partial charge in [-0.05, 0) is 50.1 Å². The number of amides is 1. The van der Waals surface area contributed by atoms with Gasteiger partial charge in [-0.3, -0.25) is 4.79 Å². The first-order valence-electron chi connectivity index (χ1n) is 9.12. The lowest BCUT2D eigenvalue weighted by atomic mass is 10.1. The molecule has 146 valence electrons. The summed E-state index contributed by atoms with van der Waals surface area (Å²) in [5, 5.41) is 13.0. The predicted octanol–water partition coefficient (Wildman–Crippen LogP) is 4.89. The molecule has 0 aliphatic rings. The minimum atomic E-state index is -0.0538. The number of rotatable bonds is 7. The number of halogens is 1. The number of benzene rings is 2. The normalized spacial score (nSPS) is 10.9. The molecule has 2 aromatic carbocycles. The van der Waals surface area contributed by atoms with Crippen LogP contribution in [0.4, 0.5) is 5.69 Å².